The van der Waals surface area contributed by atoms with Gasteiger partial charge in [-0.2, -0.15) is 0 Å². The number of rotatable bonds is 6. The molecule has 0 spiro atoms. The molecule has 0 fully saturated rings. The smallest absolute Gasteiger partial charge is 0.200 e. The summed E-state index contributed by atoms with van der Waals surface area (Å²) in [4.78, 5) is 0. The summed E-state index contributed by atoms with van der Waals surface area (Å²) in [6.07, 6.45) is 0.280. The second-order valence-corrected chi connectivity index (χ2v) is 4.67. The minimum Gasteiger partial charge on any atom is -0.504 e. The van der Waals surface area contributed by atoms with E-state index in [1.807, 2.05) is 7.05 Å². The molecule has 6 heteroatoms. The van der Waals surface area contributed by atoms with Gasteiger partial charge in [-0.25, -0.2) is 4.39 Å². The summed E-state index contributed by atoms with van der Waals surface area (Å²) in [6, 6.07) is 10.6. The Morgan fingerprint density at radius 1 is 1.14 bits per heavy atom. The summed E-state index contributed by atoms with van der Waals surface area (Å²) in [7, 11) is 1.83. The fraction of sp³-hybridized carbons (Fsp3) is 0.250. The van der Waals surface area contributed by atoms with Gasteiger partial charge in [0.25, 0.3) is 0 Å². The number of halogens is 2. The summed E-state index contributed by atoms with van der Waals surface area (Å²) in [5, 5.41) is 22.3. The van der Waals surface area contributed by atoms with Crippen LogP contribution in [0.2, 0.25) is 0 Å². The van der Waals surface area contributed by atoms with E-state index >= 15 is 0 Å². The van der Waals surface area contributed by atoms with Crippen LogP contribution in [0.3, 0.4) is 0 Å². The lowest BCUT2D eigenvalue weighted by atomic mass is 10.1. The van der Waals surface area contributed by atoms with Crippen LogP contribution in [0.5, 0.6) is 17.2 Å². The maximum Gasteiger partial charge on any atom is 0.200 e. The van der Waals surface area contributed by atoms with E-state index in [0.717, 1.165) is 5.56 Å². The number of phenols is 2. The highest BCUT2D eigenvalue weighted by atomic mass is 35.5. The predicted octanol–water partition coefficient (Wildman–Crippen LogP) is 3.39. The van der Waals surface area contributed by atoms with Crippen molar-refractivity contribution in [1.29, 1.82) is 0 Å². The molecule has 0 amide bonds. The van der Waals surface area contributed by atoms with Crippen LogP contribution >= 0.6 is 12.4 Å². The van der Waals surface area contributed by atoms with E-state index in [2.05, 4.69) is 5.32 Å². The van der Waals surface area contributed by atoms with E-state index in [0.29, 0.717) is 13.0 Å². The normalized spacial score (nSPS) is 11.5. The number of nitrogens with one attached hydrogen (secondary N) is 1. The molecule has 2 aromatic carbocycles. The van der Waals surface area contributed by atoms with Crippen LogP contribution in [-0.4, -0.2) is 23.8 Å². The lowest BCUT2D eigenvalue weighted by Crippen LogP contribution is -2.16. The van der Waals surface area contributed by atoms with E-state index in [1.54, 1.807) is 24.3 Å². The van der Waals surface area contributed by atoms with Crippen LogP contribution in [0.15, 0.2) is 42.5 Å². The Bertz CT molecular complexity index is 592. The molecule has 4 nitrogen and oxygen atoms in total. The number of para-hydroxylation sites is 1. The molecule has 0 aliphatic carbocycles. The second-order valence-electron chi connectivity index (χ2n) is 4.67. The fourth-order valence-electron chi connectivity index (χ4n) is 2.01. The zero-order valence-corrected chi connectivity index (χ0v) is 12.9. The molecule has 0 bridgehead atoms. The van der Waals surface area contributed by atoms with Crippen LogP contribution in [0.4, 0.5) is 4.39 Å². The van der Waals surface area contributed by atoms with Crippen molar-refractivity contribution in [3.63, 3.8) is 0 Å². The third-order valence-electron chi connectivity index (χ3n) is 3.15. The Kier molecular flexibility index (Phi) is 6.95. The molecule has 0 radical (unpaired) electrons. The van der Waals surface area contributed by atoms with Gasteiger partial charge >= 0.3 is 0 Å². The van der Waals surface area contributed by atoms with Crippen LogP contribution in [0, 0.1) is 5.82 Å². The van der Waals surface area contributed by atoms with Crippen molar-refractivity contribution in [3.05, 3.63) is 53.8 Å². The van der Waals surface area contributed by atoms with Crippen molar-refractivity contribution in [2.45, 2.75) is 12.5 Å². The van der Waals surface area contributed by atoms with Gasteiger partial charge in [-0.15, -0.1) is 12.4 Å². The van der Waals surface area contributed by atoms with Crippen molar-refractivity contribution >= 4 is 12.4 Å². The minimum atomic E-state index is -0.356. The standard InChI is InChI=1S/C16H18FNO3.ClH/c1-18-10-9-14(11-5-7-12(17)8-6-11)21-15-4-2-3-13(19)16(15)20;/h2-8,14,18-20H,9-10H2,1H3;1H. The lowest BCUT2D eigenvalue weighted by molar-refractivity contribution is 0.186. The third-order valence-corrected chi connectivity index (χ3v) is 3.15. The summed E-state index contributed by atoms with van der Waals surface area (Å²) in [5.41, 5.74) is 0.800. The summed E-state index contributed by atoms with van der Waals surface area (Å²) >= 11 is 0. The zero-order valence-electron chi connectivity index (χ0n) is 12.1. The predicted molar refractivity (Wildman–Crippen MR) is 85.3 cm³/mol. The zero-order chi connectivity index (χ0) is 15.2. The van der Waals surface area contributed by atoms with Gasteiger partial charge in [0.1, 0.15) is 11.9 Å². The highest BCUT2D eigenvalue weighted by Crippen LogP contribution is 2.37. The summed E-state index contributed by atoms with van der Waals surface area (Å²) in [5.74, 6) is -0.653. The molecule has 3 N–H and O–H groups in total. The average molecular weight is 328 g/mol. The Balaban J connectivity index is 0.00000242. The molecule has 0 aliphatic heterocycles. The minimum absolute atomic E-state index is 0. The Morgan fingerprint density at radius 3 is 2.45 bits per heavy atom. The van der Waals surface area contributed by atoms with Gasteiger partial charge in [-0.3, -0.25) is 0 Å². The van der Waals surface area contributed by atoms with Crippen LogP contribution in [-0.2, 0) is 0 Å². The average Bonchev–Trinajstić information content (AvgIpc) is 2.49. The monoisotopic (exact) mass is 327 g/mol. The van der Waals surface area contributed by atoms with Crippen molar-refractivity contribution in [2.75, 3.05) is 13.6 Å². The van der Waals surface area contributed by atoms with Crippen molar-refractivity contribution in [2.24, 2.45) is 0 Å². The van der Waals surface area contributed by atoms with Gasteiger partial charge in [-0.1, -0.05) is 18.2 Å². The molecule has 22 heavy (non-hydrogen) atoms. The molecule has 0 saturated heterocycles. The van der Waals surface area contributed by atoms with Gasteiger partial charge in [0, 0.05) is 6.42 Å². The molecule has 2 rings (SSSR count). The Morgan fingerprint density at radius 2 is 1.82 bits per heavy atom. The van der Waals surface area contributed by atoms with Crippen molar-refractivity contribution < 1.29 is 19.3 Å². The topological polar surface area (TPSA) is 61.7 Å². The first kappa shape index (κ1) is 18.1. The summed E-state index contributed by atoms with van der Waals surface area (Å²) in [6.45, 7) is 0.696. The molecular formula is C16H19ClFNO3. The molecule has 0 aliphatic rings. The van der Waals surface area contributed by atoms with Gasteiger partial charge in [-0.05, 0) is 43.4 Å². The quantitative estimate of drug-likeness (QED) is 0.712. The Hall–Kier alpha value is -1.98. The molecule has 0 heterocycles. The van der Waals surface area contributed by atoms with Gasteiger partial charge in [0.2, 0.25) is 5.75 Å². The fourth-order valence-corrected chi connectivity index (χ4v) is 2.01. The molecular weight excluding hydrogens is 309 g/mol. The largest absolute Gasteiger partial charge is 0.504 e. The maximum atomic E-state index is 13.0. The van der Waals surface area contributed by atoms with E-state index in [1.165, 1.54) is 18.2 Å². The molecule has 0 aromatic heterocycles. The lowest BCUT2D eigenvalue weighted by Gasteiger charge is -2.20. The van der Waals surface area contributed by atoms with Crippen molar-refractivity contribution in [3.8, 4) is 17.2 Å². The van der Waals surface area contributed by atoms with Gasteiger partial charge < -0.3 is 20.3 Å². The number of phenolic OH excluding ortho intramolecular Hbond substituents is 2. The van der Waals surface area contributed by atoms with Crippen molar-refractivity contribution in [1.82, 2.24) is 5.32 Å². The van der Waals surface area contributed by atoms with E-state index in [-0.39, 0.29) is 41.6 Å². The van der Waals surface area contributed by atoms with E-state index in [4.69, 9.17) is 4.74 Å². The van der Waals surface area contributed by atoms with Gasteiger partial charge in [0.15, 0.2) is 11.5 Å². The molecule has 120 valence electrons. The third kappa shape index (κ3) is 4.51. The maximum absolute atomic E-state index is 13.0. The first-order chi connectivity index (χ1) is 10.1. The first-order valence-electron chi connectivity index (χ1n) is 6.69. The van der Waals surface area contributed by atoms with Crippen LogP contribution in [0.1, 0.15) is 18.1 Å². The van der Waals surface area contributed by atoms with E-state index in [9.17, 15) is 14.6 Å². The summed E-state index contributed by atoms with van der Waals surface area (Å²) < 4.78 is 18.8. The highest BCUT2D eigenvalue weighted by molar-refractivity contribution is 5.85. The number of ether oxygens (including phenoxy) is 1. The SMILES string of the molecule is CNCCC(Oc1cccc(O)c1O)c1ccc(F)cc1.Cl. The first-order valence-corrected chi connectivity index (χ1v) is 6.69. The highest BCUT2D eigenvalue weighted by Gasteiger charge is 2.16. The van der Waals surface area contributed by atoms with E-state index < -0.39 is 0 Å². The number of hydrogen-bond acceptors (Lipinski definition) is 4. The molecule has 1 atom stereocenters. The second kappa shape index (κ2) is 8.46. The molecule has 1 unspecified atom stereocenters. The van der Waals surface area contributed by atoms with Crippen LogP contribution in [0.25, 0.3) is 0 Å². The number of aromatic hydroxyl groups is 2. The molecule has 2 aromatic rings. The number of hydrogen-bond donors (Lipinski definition) is 3. The van der Waals surface area contributed by atoms with Gasteiger partial charge in [0.05, 0.1) is 0 Å². The molecule has 0 saturated carbocycles. The number of benzene rings is 2. The Labute approximate surface area is 135 Å². The van der Waals surface area contributed by atoms with Crippen LogP contribution < -0.4 is 10.1 Å².